The number of ether oxygens (including phenoxy) is 2. The molecule has 1 saturated heterocycles. The second kappa shape index (κ2) is 7.09. The first-order valence-electron chi connectivity index (χ1n) is 12.8. The second-order valence-electron chi connectivity index (χ2n) is 11.9. The van der Waals surface area contributed by atoms with Crippen molar-refractivity contribution in [1.82, 2.24) is 0 Å². The van der Waals surface area contributed by atoms with Crippen LogP contribution < -0.4 is 0 Å². The molecule has 180 valence electrons. The molecule has 6 nitrogen and oxygen atoms in total. The van der Waals surface area contributed by atoms with Crippen LogP contribution in [-0.4, -0.2) is 52.0 Å². The van der Waals surface area contributed by atoms with Gasteiger partial charge in [-0.15, -0.1) is 0 Å². The molecule has 6 aliphatic rings. The summed E-state index contributed by atoms with van der Waals surface area (Å²) in [7, 11) is 0. The van der Waals surface area contributed by atoms with Crippen LogP contribution in [0.3, 0.4) is 0 Å². The predicted molar refractivity (Wildman–Crippen MR) is 120 cm³/mol. The highest BCUT2D eigenvalue weighted by atomic mass is 16.8. The molecule has 0 amide bonds. The number of hydrogen-bond donors (Lipinski definition) is 2. The lowest BCUT2D eigenvalue weighted by molar-refractivity contribution is -0.248. The smallest absolute Gasteiger partial charge is 0.193 e. The van der Waals surface area contributed by atoms with Crippen LogP contribution in [0.1, 0.15) is 71.6 Å². The summed E-state index contributed by atoms with van der Waals surface area (Å²) in [6, 6.07) is 0. The highest BCUT2D eigenvalue weighted by Gasteiger charge is 2.77. The lowest BCUT2D eigenvalue weighted by atomic mass is 9.46. The lowest BCUT2D eigenvalue weighted by Crippen LogP contribution is -2.64. The van der Waals surface area contributed by atoms with Gasteiger partial charge in [-0.2, -0.15) is 0 Å². The average molecular weight is 457 g/mol. The van der Waals surface area contributed by atoms with Crippen LogP contribution in [-0.2, 0) is 19.1 Å². The predicted octanol–water partition coefficient (Wildman–Crippen LogP) is 3.25. The van der Waals surface area contributed by atoms with Gasteiger partial charge >= 0.3 is 0 Å². The van der Waals surface area contributed by atoms with Gasteiger partial charge in [-0.3, -0.25) is 9.59 Å². The minimum atomic E-state index is -1.20. The van der Waals surface area contributed by atoms with Crippen LogP contribution in [0.15, 0.2) is 23.8 Å². The maximum absolute atomic E-state index is 13.5. The van der Waals surface area contributed by atoms with Crippen LogP contribution in [0.4, 0.5) is 0 Å². The van der Waals surface area contributed by atoms with Gasteiger partial charge in [0.25, 0.3) is 0 Å². The van der Waals surface area contributed by atoms with Crippen molar-refractivity contribution >= 4 is 11.6 Å². The summed E-state index contributed by atoms with van der Waals surface area (Å²) in [5.41, 5.74) is -1.04. The monoisotopic (exact) mass is 456 g/mol. The van der Waals surface area contributed by atoms with E-state index in [0.717, 1.165) is 56.9 Å². The zero-order valence-corrected chi connectivity index (χ0v) is 19.7. The van der Waals surface area contributed by atoms with E-state index in [2.05, 4.69) is 13.8 Å². The molecule has 5 aliphatic carbocycles. The maximum atomic E-state index is 13.5. The first-order chi connectivity index (χ1) is 15.7. The van der Waals surface area contributed by atoms with Crippen molar-refractivity contribution in [3.05, 3.63) is 23.8 Å². The van der Waals surface area contributed by atoms with E-state index in [-0.39, 0.29) is 40.8 Å². The maximum Gasteiger partial charge on any atom is 0.193 e. The zero-order valence-electron chi connectivity index (χ0n) is 19.7. The molecule has 6 rings (SSSR count). The van der Waals surface area contributed by atoms with E-state index in [4.69, 9.17) is 9.47 Å². The first-order valence-corrected chi connectivity index (χ1v) is 12.8. The molecule has 0 aromatic carbocycles. The normalized spacial score (nSPS) is 49.8. The Balaban J connectivity index is 1.41. The van der Waals surface area contributed by atoms with Crippen molar-refractivity contribution in [2.45, 2.75) is 95.2 Å². The SMILES string of the molecule is C[C@]12C=CC(=O)C=C1CC[C@@H]1[C@@H]2[C@@H](O)C[C@@]2(C)[C@H]1C[C@H]1OC3(CCCCC3)O[C@]12C(=O)CO. The number of allylic oxidation sites excluding steroid dienone is 4. The number of aliphatic hydroxyl groups is 2. The molecule has 1 aliphatic heterocycles. The summed E-state index contributed by atoms with van der Waals surface area (Å²) in [4.78, 5) is 25.5. The van der Waals surface area contributed by atoms with Crippen molar-refractivity contribution in [3.63, 3.8) is 0 Å². The van der Waals surface area contributed by atoms with Gasteiger partial charge in [0, 0.05) is 29.6 Å². The number of ketones is 2. The van der Waals surface area contributed by atoms with Crippen molar-refractivity contribution in [1.29, 1.82) is 0 Å². The average Bonchev–Trinajstić information content (AvgIpc) is 3.22. The Bertz CT molecular complexity index is 946. The van der Waals surface area contributed by atoms with Crippen LogP contribution in [0.2, 0.25) is 0 Å². The largest absolute Gasteiger partial charge is 0.393 e. The van der Waals surface area contributed by atoms with Gasteiger partial charge in [0.05, 0.1) is 12.2 Å². The van der Waals surface area contributed by atoms with Crippen LogP contribution in [0.5, 0.6) is 0 Å². The molecule has 1 spiro atoms. The number of carbonyl (C=O) groups excluding carboxylic acids is 2. The Morgan fingerprint density at radius 2 is 1.97 bits per heavy atom. The van der Waals surface area contributed by atoms with Gasteiger partial charge in [0.2, 0.25) is 0 Å². The van der Waals surface area contributed by atoms with Gasteiger partial charge in [-0.25, -0.2) is 0 Å². The number of carbonyl (C=O) groups is 2. The third-order valence-corrected chi connectivity index (χ3v) is 10.5. The topological polar surface area (TPSA) is 93.1 Å². The molecule has 0 bridgehead atoms. The summed E-state index contributed by atoms with van der Waals surface area (Å²) in [6.45, 7) is 3.68. The van der Waals surface area contributed by atoms with E-state index in [9.17, 15) is 19.8 Å². The van der Waals surface area contributed by atoms with E-state index in [1.807, 2.05) is 6.08 Å². The third kappa shape index (κ3) is 2.70. The molecule has 2 N–H and O–H groups in total. The molecule has 0 radical (unpaired) electrons. The lowest BCUT2D eigenvalue weighted by Gasteiger charge is -2.60. The molecular formula is C27H36O6. The van der Waals surface area contributed by atoms with Crippen molar-refractivity contribution in [2.24, 2.45) is 28.6 Å². The molecule has 8 atom stereocenters. The van der Waals surface area contributed by atoms with Gasteiger partial charge in [0.1, 0.15) is 6.61 Å². The third-order valence-electron chi connectivity index (χ3n) is 10.5. The van der Waals surface area contributed by atoms with Gasteiger partial charge in [-0.05, 0) is 62.5 Å². The van der Waals surface area contributed by atoms with Crippen molar-refractivity contribution in [3.8, 4) is 0 Å². The van der Waals surface area contributed by atoms with Crippen LogP contribution >= 0.6 is 0 Å². The molecule has 0 aromatic rings. The first kappa shape index (κ1) is 22.1. The van der Waals surface area contributed by atoms with E-state index < -0.39 is 29.5 Å². The Morgan fingerprint density at radius 1 is 1.21 bits per heavy atom. The minimum absolute atomic E-state index is 0.0105. The number of hydrogen-bond acceptors (Lipinski definition) is 6. The molecule has 4 saturated carbocycles. The van der Waals surface area contributed by atoms with E-state index in [0.29, 0.717) is 6.42 Å². The fraction of sp³-hybridized carbons (Fsp3) is 0.778. The van der Waals surface area contributed by atoms with Crippen molar-refractivity contribution < 1.29 is 29.3 Å². The second-order valence-corrected chi connectivity index (χ2v) is 11.9. The molecule has 1 heterocycles. The minimum Gasteiger partial charge on any atom is -0.393 e. The molecule has 6 heteroatoms. The fourth-order valence-corrected chi connectivity index (χ4v) is 9.17. The molecule has 0 unspecified atom stereocenters. The van der Waals surface area contributed by atoms with Gasteiger partial charge < -0.3 is 19.7 Å². The molecule has 5 fully saturated rings. The summed E-state index contributed by atoms with van der Waals surface area (Å²) < 4.78 is 13.4. The van der Waals surface area contributed by atoms with Crippen LogP contribution in [0.25, 0.3) is 0 Å². The van der Waals surface area contributed by atoms with E-state index >= 15 is 0 Å². The van der Waals surface area contributed by atoms with E-state index in [1.54, 1.807) is 12.2 Å². The standard InChI is InChI=1S/C27H36O6/c1-24-11-8-17(29)12-16(24)6-7-18-19-13-22-27(21(31)15-28,25(19,2)14-20(30)23(18)24)33-26(32-22)9-4-3-5-10-26/h8,11-12,18-20,22-23,28,30H,3-7,9-10,13-15H2,1-2H3/t18-,19-,20-,22+,23+,24-,25-,27+/m0/s1. The Morgan fingerprint density at radius 3 is 2.70 bits per heavy atom. The Kier molecular flexibility index (Phi) is 4.76. The molecular weight excluding hydrogens is 420 g/mol. The summed E-state index contributed by atoms with van der Waals surface area (Å²) in [6.07, 6.45) is 12.0. The number of rotatable bonds is 2. The summed E-state index contributed by atoms with van der Waals surface area (Å²) in [5, 5.41) is 21.7. The molecule has 0 aromatic heterocycles. The highest BCUT2D eigenvalue weighted by molar-refractivity contribution is 6.01. The number of Topliss-reactive ketones (excluding diaryl/α,β-unsaturated/α-hetero) is 1. The number of aliphatic hydroxyl groups excluding tert-OH is 2. The Labute approximate surface area is 195 Å². The fourth-order valence-electron chi connectivity index (χ4n) is 9.17. The van der Waals surface area contributed by atoms with E-state index in [1.165, 1.54) is 0 Å². The highest BCUT2D eigenvalue weighted by Crippen LogP contribution is 2.71. The quantitative estimate of drug-likeness (QED) is 0.663. The van der Waals surface area contributed by atoms with Gasteiger partial charge in [0.15, 0.2) is 23.0 Å². The van der Waals surface area contributed by atoms with Crippen LogP contribution in [0, 0.1) is 28.6 Å². The number of fused-ring (bicyclic) bond motifs is 7. The van der Waals surface area contributed by atoms with Gasteiger partial charge in [-0.1, -0.05) is 31.9 Å². The zero-order chi connectivity index (χ0) is 23.2. The molecule has 33 heavy (non-hydrogen) atoms. The summed E-state index contributed by atoms with van der Waals surface area (Å²) >= 11 is 0. The summed E-state index contributed by atoms with van der Waals surface area (Å²) in [5.74, 6) is -0.665. The Hall–Kier alpha value is -1.34. The van der Waals surface area contributed by atoms with Crippen molar-refractivity contribution in [2.75, 3.05) is 6.61 Å².